The standard InChI is InChI=1S/C12H14N2/c1-2-3-9-11-12(14-11)13-10-7-5-4-6-8-10/h2-9,11-14H,1H2/b9-3-. The maximum Gasteiger partial charge on any atom is 0.0968 e. The Labute approximate surface area is 84.3 Å². The molecule has 2 N–H and O–H groups in total. The highest BCUT2D eigenvalue weighted by Gasteiger charge is 2.33. The van der Waals surface area contributed by atoms with E-state index in [0.717, 1.165) is 5.69 Å². The molecule has 1 fully saturated rings. The molecule has 2 heteroatoms. The van der Waals surface area contributed by atoms with Crippen LogP contribution in [0.25, 0.3) is 0 Å². The number of rotatable bonds is 4. The molecule has 0 aromatic heterocycles. The Balaban J connectivity index is 1.85. The molecule has 0 radical (unpaired) electrons. The number of benzene rings is 1. The Kier molecular flexibility index (Phi) is 2.65. The van der Waals surface area contributed by atoms with E-state index < -0.39 is 0 Å². The van der Waals surface area contributed by atoms with E-state index in [2.05, 4.69) is 35.4 Å². The van der Waals surface area contributed by atoms with Crippen molar-refractivity contribution in [2.75, 3.05) is 5.32 Å². The molecule has 0 aliphatic carbocycles. The zero-order valence-corrected chi connectivity index (χ0v) is 7.98. The maximum absolute atomic E-state index is 3.63. The number of allylic oxidation sites excluding steroid dienone is 2. The number of hydrogen-bond acceptors (Lipinski definition) is 2. The Bertz CT molecular complexity index is 329. The smallest absolute Gasteiger partial charge is 0.0968 e. The van der Waals surface area contributed by atoms with Gasteiger partial charge in [0, 0.05) is 5.69 Å². The van der Waals surface area contributed by atoms with E-state index >= 15 is 0 Å². The summed E-state index contributed by atoms with van der Waals surface area (Å²) in [6.45, 7) is 3.63. The second-order valence-corrected chi connectivity index (χ2v) is 3.30. The molecule has 1 heterocycles. The van der Waals surface area contributed by atoms with Crippen LogP contribution in [-0.2, 0) is 0 Å². The van der Waals surface area contributed by atoms with Gasteiger partial charge in [0.25, 0.3) is 0 Å². The van der Waals surface area contributed by atoms with Crippen LogP contribution in [0.1, 0.15) is 0 Å². The van der Waals surface area contributed by atoms with Crippen molar-refractivity contribution in [3.63, 3.8) is 0 Å². The van der Waals surface area contributed by atoms with Gasteiger partial charge in [0.05, 0.1) is 12.2 Å². The van der Waals surface area contributed by atoms with E-state index in [9.17, 15) is 0 Å². The van der Waals surface area contributed by atoms with Crippen molar-refractivity contribution in [2.24, 2.45) is 0 Å². The molecule has 72 valence electrons. The van der Waals surface area contributed by atoms with E-state index in [-0.39, 0.29) is 0 Å². The van der Waals surface area contributed by atoms with E-state index in [0.29, 0.717) is 12.2 Å². The van der Waals surface area contributed by atoms with Crippen molar-refractivity contribution in [2.45, 2.75) is 12.2 Å². The monoisotopic (exact) mass is 186 g/mol. The first-order valence-corrected chi connectivity index (χ1v) is 4.77. The molecule has 1 aromatic carbocycles. The van der Waals surface area contributed by atoms with Gasteiger partial charge in [0.1, 0.15) is 0 Å². The molecule has 0 amide bonds. The Morgan fingerprint density at radius 2 is 2.07 bits per heavy atom. The summed E-state index contributed by atoms with van der Waals surface area (Å²) in [6.07, 6.45) is 6.23. The quantitative estimate of drug-likeness (QED) is 0.558. The van der Waals surface area contributed by atoms with Crippen molar-refractivity contribution >= 4 is 5.69 Å². The minimum atomic E-state index is 0.369. The van der Waals surface area contributed by atoms with Crippen LogP contribution in [0.4, 0.5) is 5.69 Å². The number of nitrogens with one attached hydrogen (secondary N) is 2. The van der Waals surface area contributed by atoms with Crippen LogP contribution >= 0.6 is 0 Å². The third-order valence-corrected chi connectivity index (χ3v) is 2.17. The molecule has 14 heavy (non-hydrogen) atoms. The molecule has 2 rings (SSSR count). The van der Waals surface area contributed by atoms with Crippen molar-refractivity contribution in [3.8, 4) is 0 Å². The highest BCUT2D eigenvalue weighted by Crippen LogP contribution is 2.16. The van der Waals surface area contributed by atoms with Crippen LogP contribution in [0, 0.1) is 0 Å². The van der Waals surface area contributed by atoms with Gasteiger partial charge in [0.2, 0.25) is 0 Å². The molecule has 0 bridgehead atoms. The van der Waals surface area contributed by atoms with E-state index in [1.807, 2.05) is 24.3 Å². The average molecular weight is 186 g/mol. The van der Waals surface area contributed by atoms with Gasteiger partial charge in [-0.1, -0.05) is 43.0 Å². The molecule has 1 aliphatic rings. The van der Waals surface area contributed by atoms with Gasteiger partial charge in [-0.05, 0) is 12.1 Å². The first-order valence-electron chi connectivity index (χ1n) is 4.77. The van der Waals surface area contributed by atoms with Crippen molar-refractivity contribution in [3.05, 3.63) is 55.1 Å². The molecule has 0 spiro atoms. The van der Waals surface area contributed by atoms with Crippen LogP contribution in [0.15, 0.2) is 55.1 Å². The zero-order chi connectivity index (χ0) is 9.80. The van der Waals surface area contributed by atoms with Gasteiger partial charge in [0.15, 0.2) is 0 Å². The predicted octanol–water partition coefficient (Wildman–Crippen LogP) is 2.14. The summed E-state index contributed by atoms with van der Waals surface area (Å²) in [5.74, 6) is 0. The Hall–Kier alpha value is -1.54. The van der Waals surface area contributed by atoms with Gasteiger partial charge in [-0.2, -0.15) is 0 Å². The number of anilines is 1. The summed E-state index contributed by atoms with van der Waals surface area (Å²) in [5, 5.41) is 6.68. The van der Waals surface area contributed by atoms with Gasteiger partial charge < -0.3 is 5.32 Å². The number of hydrogen-bond donors (Lipinski definition) is 2. The summed E-state index contributed by atoms with van der Waals surface area (Å²) in [4.78, 5) is 0. The van der Waals surface area contributed by atoms with E-state index in [1.54, 1.807) is 6.08 Å². The topological polar surface area (TPSA) is 34.0 Å². The zero-order valence-electron chi connectivity index (χ0n) is 7.98. The minimum Gasteiger partial charge on any atom is -0.368 e. The maximum atomic E-state index is 3.63. The third kappa shape index (κ3) is 2.24. The summed E-state index contributed by atoms with van der Waals surface area (Å²) in [5.41, 5.74) is 1.15. The lowest BCUT2D eigenvalue weighted by Gasteiger charge is -2.01. The average Bonchev–Trinajstić information content (AvgIpc) is 2.95. The second-order valence-electron chi connectivity index (χ2n) is 3.30. The Morgan fingerprint density at radius 3 is 2.79 bits per heavy atom. The van der Waals surface area contributed by atoms with E-state index in [1.165, 1.54) is 0 Å². The van der Waals surface area contributed by atoms with E-state index in [4.69, 9.17) is 0 Å². The third-order valence-electron chi connectivity index (χ3n) is 2.17. The predicted molar refractivity (Wildman–Crippen MR) is 60.1 cm³/mol. The molecule has 2 nitrogen and oxygen atoms in total. The number of para-hydroxylation sites is 1. The minimum absolute atomic E-state index is 0.369. The first kappa shape index (κ1) is 9.03. The van der Waals surface area contributed by atoms with Crippen molar-refractivity contribution in [1.29, 1.82) is 0 Å². The molecule has 1 saturated heterocycles. The van der Waals surface area contributed by atoms with Crippen LogP contribution in [0.3, 0.4) is 0 Å². The van der Waals surface area contributed by atoms with Crippen LogP contribution in [0.2, 0.25) is 0 Å². The summed E-state index contributed by atoms with van der Waals surface area (Å²) >= 11 is 0. The van der Waals surface area contributed by atoms with Gasteiger partial charge in [-0.3, -0.25) is 5.32 Å². The lowest BCUT2D eigenvalue weighted by molar-refractivity contribution is 1.10. The summed E-state index contributed by atoms with van der Waals surface area (Å²) in [6, 6.07) is 10.6. The van der Waals surface area contributed by atoms with Gasteiger partial charge >= 0.3 is 0 Å². The molecule has 1 aromatic rings. The first-order chi connectivity index (χ1) is 6.90. The fraction of sp³-hybridized carbons (Fsp3) is 0.167. The molecule has 2 atom stereocenters. The van der Waals surface area contributed by atoms with Gasteiger partial charge in [-0.15, -0.1) is 0 Å². The summed E-state index contributed by atoms with van der Waals surface area (Å²) < 4.78 is 0. The SMILES string of the molecule is C=C/C=C\C1NC1Nc1ccccc1. The molecular formula is C12H14N2. The largest absolute Gasteiger partial charge is 0.368 e. The fourth-order valence-corrected chi connectivity index (χ4v) is 1.36. The van der Waals surface area contributed by atoms with Crippen LogP contribution in [0.5, 0.6) is 0 Å². The highest BCUT2D eigenvalue weighted by atomic mass is 15.3. The Morgan fingerprint density at radius 1 is 1.29 bits per heavy atom. The van der Waals surface area contributed by atoms with Crippen molar-refractivity contribution in [1.82, 2.24) is 5.32 Å². The lowest BCUT2D eigenvalue weighted by Crippen LogP contribution is -2.07. The van der Waals surface area contributed by atoms with Crippen molar-refractivity contribution < 1.29 is 0 Å². The normalized spacial score (nSPS) is 24.9. The van der Waals surface area contributed by atoms with Gasteiger partial charge in [-0.25, -0.2) is 0 Å². The second kappa shape index (κ2) is 4.11. The summed E-state index contributed by atoms with van der Waals surface area (Å²) in [7, 11) is 0. The fourth-order valence-electron chi connectivity index (χ4n) is 1.36. The van der Waals surface area contributed by atoms with Crippen LogP contribution in [-0.4, -0.2) is 12.2 Å². The lowest BCUT2D eigenvalue weighted by atomic mass is 10.3. The molecule has 2 unspecified atom stereocenters. The molecule has 1 aliphatic heterocycles. The highest BCUT2D eigenvalue weighted by molar-refractivity contribution is 5.45. The molecular weight excluding hydrogens is 172 g/mol. The van der Waals surface area contributed by atoms with Crippen LogP contribution < -0.4 is 10.6 Å². The molecule has 0 saturated carbocycles.